The van der Waals surface area contributed by atoms with Crippen LogP contribution >= 0.6 is 0 Å². The van der Waals surface area contributed by atoms with Gasteiger partial charge in [0.25, 0.3) is 11.8 Å². The summed E-state index contributed by atoms with van der Waals surface area (Å²) in [6.07, 6.45) is 0. The van der Waals surface area contributed by atoms with Crippen molar-refractivity contribution < 1.29 is 42.0 Å². The van der Waals surface area contributed by atoms with Crippen molar-refractivity contribution >= 4 is 34.1 Å². The second-order valence-corrected chi connectivity index (χ2v) is 9.97. The van der Waals surface area contributed by atoms with Crippen LogP contribution in [0.3, 0.4) is 0 Å². The maximum absolute atomic E-state index is 13.0. The molecule has 4 rings (SSSR count). The summed E-state index contributed by atoms with van der Waals surface area (Å²) in [5.41, 5.74) is 1.11. The number of para-hydroxylation sites is 1. The number of aromatic hydroxyl groups is 1. The molecule has 1 fully saturated rings. The number of nitrogens with one attached hydrogen (secondary N) is 3. The fraction of sp³-hybridized carbons (Fsp3) is 0.154. The maximum atomic E-state index is 13.0. The number of phenolic OH excluding ortho intramolecular Hbond substituents is 1. The van der Waals surface area contributed by atoms with Gasteiger partial charge in [-0.05, 0) is 35.4 Å². The molecule has 1 aliphatic rings. The number of ether oxygens (including phenoxy) is 1. The summed E-state index contributed by atoms with van der Waals surface area (Å²) in [6, 6.07) is 16.9. The van der Waals surface area contributed by atoms with E-state index in [4.69, 9.17) is 9.29 Å². The summed E-state index contributed by atoms with van der Waals surface area (Å²) in [4.78, 5) is 50.7. The van der Waals surface area contributed by atoms with E-state index in [9.17, 15) is 32.7 Å². The summed E-state index contributed by atoms with van der Waals surface area (Å²) in [6.45, 7) is -0.328. The van der Waals surface area contributed by atoms with Crippen LogP contribution in [-0.4, -0.2) is 58.7 Å². The minimum absolute atomic E-state index is 0.0598. The highest BCUT2D eigenvalue weighted by Crippen LogP contribution is 2.21. The van der Waals surface area contributed by atoms with Gasteiger partial charge in [-0.25, -0.2) is 9.10 Å². The van der Waals surface area contributed by atoms with Crippen LogP contribution in [0.5, 0.6) is 11.5 Å². The van der Waals surface area contributed by atoms with Crippen LogP contribution < -0.4 is 20.7 Å². The Morgan fingerprint density at radius 1 is 0.975 bits per heavy atom. The predicted molar refractivity (Wildman–Crippen MR) is 139 cm³/mol. The molecule has 40 heavy (non-hydrogen) atoms. The second-order valence-electron chi connectivity index (χ2n) is 8.63. The zero-order chi connectivity index (χ0) is 28.9. The Morgan fingerprint density at radius 2 is 1.62 bits per heavy atom. The molecule has 0 saturated carbocycles. The zero-order valence-corrected chi connectivity index (χ0v) is 21.5. The van der Waals surface area contributed by atoms with E-state index in [0.29, 0.717) is 0 Å². The van der Waals surface area contributed by atoms with E-state index in [0.717, 1.165) is 5.56 Å². The highest BCUT2D eigenvalue weighted by molar-refractivity contribution is 7.84. The smallest absolute Gasteiger partial charge is 0.362 e. The van der Waals surface area contributed by atoms with Crippen molar-refractivity contribution in [1.82, 2.24) is 20.3 Å². The monoisotopic (exact) mass is 568 g/mol. The van der Waals surface area contributed by atoms with Gasteiger partial charge in [0.05, 0.1) is 12.1 Å². The molecule has 14 heteroatoms. The topological polar surface area (TPSA) is 191 Å². The van der Waals surface area contributed by atoms with Gasteiger partial charge in [0.15, 0.2) is 0 Å². The Morgan fingerprint density at radius 3 is 2.27 bits per heavy atom. The number of urea groups is 1. The van der Waals surface area contributed by atoms with E-state index < -0.39 is 52.7 Å². The molecule has 5 amide bonds. The van der Waals surface area contributed by atoms with E-state index in [1.807, 2.05) is 30.3 Å². The molecular weight excluding hydrogens is 544 g/mol. The molecule has 208 valence electrons. The highest BCUT2D eigenvalue weighted by atomic mass is 32.2. The molecule has 3 aromatic rings. The van der Waals surface area contributed by atoms with Crippen LogP contribution in [-0.2, 0) is 26.5 Å². The second kappa shape index (κ2) is 11.8. The van der Waals surface area contributed by atoms with Crippen LogP contribution in [0.25, 0.3) is 0 Å². The summed E-state index contributed by atoms with van der Waals surface area (Å²) < 4.78 is 37.3. The summed E-state index contributed by atoms with van der Waals surface area (Å²) in [5.74, 6) is -2.69. The molecule has 2 unspecified atom stereocenters. The summed E-state index contributed by atoms with van der Waals surface area (Å²) >= 11 is 0. The van der Waals surface area contributed by atoms with Gasteiger partial charge in [-0.1, -0.05) is 54.6 Å². The lowest BCUT2D eigenvalue weighted by molar-refractivity contribution is -0.141. The molecule has 0 radical (unpaired) electrons. The molecule has 0 spiro atoms. The molecule has 1 saturated heterocycles. The molecule has 1 aliphatic heterocycles. The lowest BCUT2D eigenvalue weighted by atomic mass is 10.0. The van der Waals surface area contributed by atoms with Gasteiger partial charge in [0.2, 0.25) is 5.91 Å². The normalized spacial score (nSPS) is 15.4. The lowest BCUT2D eigenvalue weighted by Crippen LogP contribution is -2.66. The largest absolute Gasteiger partial charge is 0.508 e. The Balaban J connectivity index is 1.44. The molecule has 1 heterocycles. The van der Waals surface area contributed by atoms with Crippen molar-refractivity contribution in [2.45, 2.75) is 18.7 Å². The van der Waals surface area contributed by atoms with E-state index >= 15 is 0 Å². The Labute approximate surface area is 228 Å². The number of nitrogens with zero attached hydrogens (tertiary/aromatic N) is 1. The molecule has 2 atom stereocenters. The van der Waals surface area contributed by atoms with Gasteiger partial charge < -0.3 is 20.5 Å². The SMILES string of the molecule is O=C(NC(=O)c1ccccc1OCc1ccccc1)NC(C(=O)NC1CN(S(=O)(=O)O)C1=O)c1ccc(O)cc1. The molecule has 5 N–H and O–H groups in total. The minimum Gasteiger partial charge on any atom is -0.508 e. The first-order valence-electron chi connectivity index (χ1n) is 11.8. The van der Waals surface area contributed by atoms with Gasteiger partial charge in [0.1, 0.15) is 30.2 Å². The van der Waals surface area contributed by atoms with E-state index in [-0.39, 0.29) is 33.5 Å². The van der Waals surface area contributed by atoms with Crippen molar-refractivity contribution in [3.05, 3.63) is 95.6 Å². The van der Waals surface area contributed by atoms with Crippen LogP contribution in [0.1, 0.15) is 27.5 Å². The number of imide groups is 1. The number of β-lactam (4-membered cyclic amide) rings is 1. The van der Waals surface area contributed by atoms with Gasteiger partial charge in [-0.15, -0.1) is 0 Å². The number of amides is 5. The van der Waals surface area contributed by atoms with Gasteiger partial charge in [-0.2, -0.15) is 8.42 Å². The number of rotatable bonds is 9. The Kier molecular flexibility index (Phi) is 8.31. The number of carbonyl (C=O) groups is 4. The zero-order valence-electron chi connectivity index (χ0n) is 20.7. The molecule has 0 aromatic heterocycles. The van der Waals surface area contributed by atoms with Crippen molar-refractivity contribution in [3.63, 3.8) is 0 Å². The number of hydrogen-bond acceptors (Lipinski definition) is 8. The minimum atomic E-state index is -4.77. The summed E-state index contributed by atoms with van der Waals surface area (Å²) in [5, 5.41) is 16.4. The van der Waals surface area contributed by atoms with Crippen LogP contribution in [0.15, 0.2) is 78.9 Å². The first kappa shape index (κ1) is 28.1. The molecule has 13 nitrogen and oxygen atoms in total. The van der Waals surface area contributed by atoms with Gasteiger partial charge >= 0.3 is 16.3 Å². The number of carbonyl (C=O) groups excluding carboxylic acids is 4. The predicted octanol–water partition coefficient (Wildman–Crippen LogP) is 1.28. The van der Waals surface area contributed by atoms with Gasteiger partial charge in [0, 0.05) is 0 Å². The quantitative estimate of drug-likeness (QED) is 0.187. The third kappa shape index (κ3) is 6.73. The average molecular weight is 569 g/mol. The van der Waals surface area contributed by atoms with E-state index in [2.05, 4.69) is 16.0 Å². The first-order valence-corrected chi connectivity index (χ1v) is 13.2. The highest BCUT2D eigenvalue weighted by Gasteiger charge is 2.45. The van der Waals surface area contributed by atoms with E-state index in [1.165, 1.54) is 30.3 Å². The average Bonchev–Trinajstić information content (AvgIpc) is 2.92. The first-order chi connectivity index (χ1) is 19.0. The fourth-order valence-electron chi connectivity index (χ4n) is 3.79. The number of hydrogen-bond donors (Lipinski definition) is 5. The Hall–Kier alpha value is -4.95. The maximum Gasteiger partial charge on any atom is 0.362 e. The van der Waals surface area contributed by atoms with Crippen LogP contribution in [0, 0.1) is 0 Å². The lowest BCUT2D eigenvalue weighted by Gasteiger charge is -2.36. The van der Waals surface area contributed by atoms with Crippen LogP contribution in [0.2, 0.25) is 0 Å². The van der Waals surface area contributed by atoms with Crippen molar-refractivity contribution in [1.29, 1.82) is 0 Å². The fourth-order valence-corrected chi connectivity index (χ4v) is 4.48. The third-order valence-corrected chi connectivity index (χ3v) is 6.73. The van der Waals surface area contributed by atoms with Crippen LogP contribution in [0.4, 0.5) is 4.79 Å². The molecule has 0 aliphatic carbocycles. The molecular formula is C26H24N4O9S. The third-order valence-electron chi connectivity index (χ3n) is 5.85. The van der Waals surface area contributed by atoms with Gasteiger partial charge in [-0.3, -0.25) is 24.3 Å². The van der Waals surface area contributed by atoms with Crippen molar-refractivity contribution in [3.8, 4) is 11.5 Å². The van der Waals surface area contributed by atoms with Crippen molar-refractivity contribution in [2.24, 2.45) is 0 Å². The summed E-state index contributed by atoms with van der Waals surface area (Å²) in [7, 11) is -4.77. The number of benzene rings is 3. The molecule has 3 aromatic carbocycles. The number of phenols is 1. The van der Waals surface area contributed by atoms with E-state index in [1.54, 1.807) is 18.2 Å². The molecule has 0 bridgehead atoms. The standard InChI is InChI=1S/C26H24N4O9S/c31-18-12-10-17(11-13-18)22(24(33)27-20-14-30(25(20)34)40(36,37)38)28-26(35)29-23(32)19-8-4-5-9-21(19)39-15-16-6-2-1-3-7-16/h1-13,20,22,31H,14-15H2,(H,27,33)(H,36,37,38)(H2,28,29,32,35). The Bertz CT molecular complexity index is 1530. The van der Waals surface area contributed by atoms with Crippen molar-refractivity contribution in [2.75, 3.05) is 6.54 Å².